The second-order valence-electron chi connectivity index (χ2n) is 8.74. The van der Waals surface area contributed by atoms with E-state index < -0.39 is 0 Å². The van der Waals surface area contributed by atoms with Crippen LogP contribution in [-0.4, -0.2) is 57.2 Å². The first-order valence-corrected chi connectivity index (χ1v) is 11.1. The van der Waals surface area contributed by atoms with Gasteiger partial charge >= 0.3 is 0 Å². The molecule has 7 nitrogen and oxygen atoms in total. The number of rotatable bonds is 4. The van der Waals surface area contributed by atoms with E-state index in [1.165, 1.54) is 12.0 Å². The molecule has 1 N–H and O–H groups in total. The molecule has 0 bridgehead atoms. The van der Waals surface area contributed by atoms with Crippen LogP contribution in [0.5, 0.6) is 0 Å². The van der Waals surface area contributed by atoms with Gasteiger partial charge in [-0.1, -0.05) is 24.3 Å². The Morgan fingerprint density at radius 1 is 1.19 bits per heavy atom. The van der Waals surface area contributed by atoms with Crippen molar-refractivity contribution in [2.24, 2.45) is 5.92 Å². The third-order valence-electron chi connectivity index (χ3n) is 6.51. The summed E-state index contributed by atoms with van der Waals surface area (Å²) in [5.41, 5.74) is 5.92. The predicted molar refractivity (Wildman–Crippen MR) is 119 cm³/mol. The molecule has 0 saturated carbocycles. The molecule has 31 heavy (non-hydrogen) atoms. The van der Waals surface area contributed by atoms with Crippen LogP contribution in [-0.2, 0) is 12.8 Å². The summed E-state index contributed by atoms with van der Waals surface area (Å²) in [4.78, 5) is 24.5. The number of amides is 1. The number of fused-ring (bicyclic) bond motifs is 3. The molecule has 7 heteroatoms. The fourth-order valence-electron chi connectivity index (χ4n) is 4.76. The molecule has 2 aliphatic rings. The van der Waals surface area contributed by atoms with E-state index in [1.54, 1.807) is 10.9 Å². The Morgan fingerprint density at radius 2 is 2.03 bits per heavy atom. The first-order valence-electron chi connectivity index (χ1n) is 11.1. The minimum absolute atomic E-state index is 0.0831. The SMILES string of the molecule is Cc1c(C(=O)NC[C@@H]2CCCN(C)C2)cnn1-c1ncc2c(n1)-c1ccccc1CC2. The molecule has 1 fully saturated rings. The van der Waals surface area contributed by atoms with Crippen molar-refractivity contribution in [3.63, 3.8) is 0 Å². The van der Waals surface area contributed by atoms with Crippen LogP contribution in [0, 0.1) is 12.8 Å². The second kappa shape index (κ2) is 8.23. The molecular weight excluding hydrogens is 388 g/mol. The zero-order chi connectivity index (χ0) is 21.4. The summed E-state index contributed by atoms with van der Waals surface area (Å²) in [5, 5.41) is 7.54. The average Bonchev–Trinajstić information content (AvgIpc) is 3.18. The fraction of sp³-hybridized carbons (Fsp3) is 0.417. The fourth-order valence-corrected chi connectivity index (χ4v) is 4.76. The minimum Gasteiger partial charge on any atom is -0.352 e. The van der Waals surface area contributed by atoms with Crippen molar-refractivity contribution in [3.05, 3.63) is 59.0 Å². The van der Waals surface area contributed by atoms with Gasteiger partial charge in [0.2, 0.25) is 0 Å². The van der Waals surface area contributed by atoms with Gasteiger partial charge in [-0.25, -0.2) is 14.6 Å². The molecular formula is C24H28N6O. The quantitative estimate of drug-likeness (QED) is 0.708. The van der Waals surface area contributed by atoms with Gasteiger partial charge in [0, 0.05) is 24.8 Å². The van der Waals surface area contributed by atoms with E-state index in [0.29, 0.717) is 24.0 Å². The molecule has 2 aromatic heterocycles. The maximum atomic E-state index is 12.8. The highest BCUT2D eigenvalue weighted by molar-refractivity contribution is 5.95. The zero-order valence-corrected chi connectivity index (χ0v) is 18.1. The lowest BCUT2D eigenvalue weighted by atomic mass is 9.90. The van der Waals surface area contributed by atoms with Gasteiger partial charge in [0.25, 0.3) is 11.9 Å². The van der Waals surface area contributed by atoms with Crippen LogP contribution in [0.3, 0.4) is 0 Å². The van der Waals surface area contributed by atoms with E-state index in [9.17, 15) is 4.79 Å². The average molecular weight is 417 g/mol. The Bertz CT molecular complexity index is 1120. The van der Waals surface area contributed by atoms with Crippen molar-refractivity contribution in [3.8, 4) is 17.2 Å². The Labute approximate surface area is 182 Å². The summed E-state index contributed by atoms with van der Waals surface area (Å²) >= 11 is 0. The largest absolute Gasteiger partial charge is 0.352 e. The number of hydrogen-bond acceptors (Lipinski definition) is 5. The van der Waals surface area contributed by atoms with Crippen molar-refractivity contribution in [2.45, 2.75) is 32.6 Å². The lowest BCUT2D eigenvalue weighted by molar-refractivity contribution is 0.0936. The van der Waals surface area contributed by atoms with Gasteiger partial charge in [-0.3, -0.25) is 4.79 Å². The molecule has 1 atom stereocenters. The van der Waals surface area contributed by atoms with E-state index in [2.05, 4.69) is 45.5 Å². The molecule has 1 saturated heterocycles. The molecule has 1 aliphatic heterocycles. The standard InChI is InChI=1S/C24H28N6O/c1-16-21(23(31)25-12-17-6-5-11-29(2)15-17)14-27-30(16)24-26-13-19-10-9-18-7-3-4-8-20(18)22(19)28-24/h3-4,7-8,13-14,17H,5-6,9-12,15H2,1-2H3,(H,25,31)/t17-/m0/s1. The summed E-state index contributed by atoms with van der Waals surface area (Å²) in [6.07, 6.45) is 7.81. The number of nitrogens with one attached hydrogen (secondary N) is 1. The molecule has 160 valence electrons. The Hall–Kier alpha value is -3.06. The van der Waals surface area contributed by atoms with Crippen LogP contribution in [0.2, 0.25) is 0 Å². The van der Waals surface area contributed by atoms with Gasteiger partial charge in [-0.15, -0.1) is 0 Å². The van der Waals surface area contributed by atoms with Crippen LogP contribution < -0.4 is 5.32 Å². The highest BCUT2D eigenvalue weighted by Gasteiger charge is 2.22. The van der Waals surface area contributed by atoms with E-state index >= 15 is 0 Å². The van der Waals surface area contributed by atoms with Crippen molar-refractivity contribution >= 4 is 5.91 Å². The van der Waals surface area contributed by atoms with Gasteiger partial charge in [0.15, 0.2) is 0 Å². The minimum atomic E-state index is -0.0831. The molecule has 1 aliphatic carbocycles. The molecule has 3 aromatic rings. The third kappa shape index (κ3) is 3.85. The molecule has 5 rings (SSSR count). The van der Waals surface area contributed by atoms with Crippen molar-refractivity contribution in [1.29, 1.82) is 0 Å². The van der Waals surface area contributed by atoms with Crippen LogP contribution in [0.15, 0.2) is 36.7 Å². The monoisotopic (exact) mass is 416 g/mol. The second-order valence-corrected chi connectivity index (χ2v) is 8.74. The van der Waals surface area contributed by atoms with Gasteiger partial charge in [0.05, 0.1) is 23.1 Å². The summed E-state index contributed by atoms with van der Waals surface area (Å²) in [6, 6.07) is 8.38. The first kappa shape index (κ1) is 19.9. The molecule has 0 unspecified atom stereocenters. The Balaban J connectivity index is 1.36. The number of aryl methyl sites for hydroxylation is 2. The van der Waals surface area contributed by atoms with Crippen LogP contribution in [0.4, 0.5) is 0 Å². The van der Waals surface area contributed by atoms with Crippen molar-refractivity contribution in [1.82, 2.24) is 30.0 Å². The molecule has 0 radical (unpaired) electrons. The summed E-state index contributed by atoms with van der Waals surface area (Å²) in [5.74, 6) is 0.920. The number of likely N-dealkylation sites (tertiary alicyclic amines) is 1. The number of nitrogens with zero attached hydrogens (tertiary/aromatic N) is 5. The number of aromatic nitrogens is 4. The normalized spacial score (nSPS) is 18.3. The molecule has 1 amide bonds. The topological polar surface area (TPSA) is 75.9 Å². The van der Waals surface area contributed by atoms with Gasteiger partial charge in [-0.2, -0.15) is 5.10 Å². The maximum absolute atomic E-state index is 12.8. The van der Waals surface area contributed by atoms with Crippen molar-refractivity contribution < 1.29 is 4.79 Å². The lowest BCUT2D eigenvalue weighted by Crippen LogP contribution is -2.39. The number of benzene rings is 1. The summed E-state index contributed by atoms with van der Waals surface area (Å²) < 4.78 is 1.67. The van der Waals surface area contributed by atoms with Gasteiger partial charge in [-0.05, 0) is 63.2 Å². The Kier molecular flexibility index (Phi) is 5.28. The summed E-state index contributed by atoms with van der Waals surface area (Å²) in [7, 11) is 2.14. The van der Waals surface area contributed by atoms with E-state index in [-0.39, 0.29) is 5.91 Å². The van der Waals surface area contributed by atoms with Crippen LogP contribution >= 0.6 is 0 Å². The van der Waals surface area contributed by atoms with Crippen LogP contribution in [0.25, 0.3) is 17.2 Å². The number of piperidine rings is 1. The van der Waals surface area contributed by atoms with E-state index in [0.717, 1.165) is 54.9 Å². The third-order valence-corrected chi connectivity index (χ3v) is 6.51. The highest BCUT2D eigenvalue weighted by atomic mass is 16.1. The number of hydrogen-bond donors (Lipinski definition) is 1. The lowest BCUT2D eigenvalue weighted by Gasteiger charge is -2.29. The van der Waals surface area contributed by atoms with Crippen molar-refractivity contribution in [2.75, 3.05) is 26.7 Å². The smallest absolute Gasteiger partial charge is 0.254 e. The van der Waals surface area contributed by atoms with E-state index in [4.69, 9.17) is 4.98 Å². The maximum Gasteiger partial charge on any atom is 0.254 e. The highest BCUT2D eigenvalue weighted by Crippen LogP contribution is 2.31. The first-order chi connectivity index (χ1) is 15.1. The molecule has 1 aromatic carbocycles. The van der Waals surface area contributed by atoms with Gasteiger partial charge < -0.3 is 10.2 Å². The van der Waals surface area contributed by atoms with E-state index in [1.807, 2.05) is 19.2 Å². The number of carbonyl (C=O) groups is 1. The summed E-state index contributed by atoms with van der Waals surface area (Å²) in [6.45, 7) is 4.76. The van der Waals surface area contributed by atoms with Crippen LogP contribution in [0.1, 0.15) is 40.0 Å². The predicted octanol–water partition coefficient (Wildman–Crippen LogP) is 2.81. The zero-order valence-electron chi connectivity index (χ0n) is 18.1. The Morgan fingerprint density at radius 3 is 2.90 bits per heavy atom. The molecule has 0 spiro atoms. The molecule has 3 heterocycles. The van der Waals surface area contributed by atoms with Gasteiger partial charge in [0.1, 0.15) is 0 Å². The number of carbonyl (C=O) groups excluding carboxylic acids is 1.